The van der Waals surface area contributed by atoms with Crippen molar-refractivity contribution >= 4 is 40.7 Å². The third-order valence-electron chi connectivity index (χ3n) is 4.36. The van der Waals surface area contributed by atoms with Gasteiger partial charge in [0.15, 0.2) is 0 Å². The first-order valence-electron chi connectivity index (χ1n) is 8.14. The van der Waals surface area contributed by atoms with E-state index in [1.165, 1.54) is 6.92 Å². The summed E-state index contributed by atoms with van der Waals surface area (Å²) >= 11 is 12.4. The number of Topliss-reactive ketones (excluding diaryl/α,β-unsaturated/α-hetero) is 1. The van der Waals surface area contributed by atoms with E-state index in [1.54, 1.807) is 26.0 Å². The summed E-state index contributed by atoms with van der Waals surface area (Å²) in [5.74, 6) is -1.35. The van der Waals surface area contributed by atoms with Gasteiger partial charge in [-0.2, -0.15) is 0 Å². The Bertz CT molecular complexity index is 768. The van der Waals surface area contributed by atoms with Crippen molar-refractivity contribution in [2.45, 2.75) is 34.1 Å². The number of hydrogen-bond donors (Lipinski definition) is 0. The highest BCUT2D eigenvalue weighted by Crippen LogP contribution is 2.37. The van der Waals surface area contributed by atoms with Gasteiger partial charge in [0.25, 0.3) is 0 Å². The predicted molar refractivity (Wildman–Crippen MR) is 100 cm³/mol. The fourth-order valence-corrected chi connectivity index (χ4v) is 3.77. The summed E-state index contributed by atoms with van der Waals surface area (Å²) in [6, 6.07) is 5.36. The summed E-state index contributed by atoms with van der Waals surface area (Å²) < 4.78 is 5.20. The van der Waals surface area contributed by atoms with Crippen LogP contribution in [0.4, 0.5) is 0 Å². The molecule has 0 saturated carbocycles. The molecule has 134 valence electrons. The molecule has 1 aromatic carbocycles. The Morgan fingerprint density at radius 1 is 1.24 bits per heavy atom. The minimum absolute atomic E-state index is 0.0429. The topological polar surface area (TPSA) is 55.7 Å². The molecule has 0 N–H and O–H groups in total. The molecule has 1 aliphatic rings. The lowest BCUT2D eigenvalue weighted by atomic mass is 9.74. The molecule has 1 aliphatic heterocycles. The van der Waals surface area contributed by atoms with Gasteiger partial charge in [-0.25, -0.2) is 4.79 Å². The normalized spacial score (nSPS) is 20.3. The van der Waals surface area contributed by atoms with E-state index in [4.69, 9.17) is 27.9 Å². The van der Waals surface area contributed by atoms with Crippen molar-refractivity contribution in [1.82, 2.24) is 0 Å². The van der Waals surface area contributed by atoms with Crippen LogP contribution in [-0.4, -0.2) is 24.1 Å². The number of halogens is 2. The zero-order valence-corrected chi connectivity index (χ0v) is 16.2. The molecule has 0 fully saturated rings. The number of hydrogen-bond acceptors (Lipinski definition) is 4. The number of esters is 1. The van der Waals surface area contributed by atoms with E-state index in [9.17, 15) is 9.59 Å². The van der Waals surface area contributed by atoms with Crippen LogP contribution in [0.3, 0.4) is 0 Å². The number of ketones is 1. The number of nitrogens with zero attached hydrogens (tertiary/aromatic N) is 1. The van der Waals surface area contributed by atoms with Crippen LogP contribution in [0.1, 0.15) is 33.3 Å². The molecule has 0 aromatic heterocycles. The summed E-state index contributed by atoms with van der Waals surface area (Å²) in [6.07, 6.45) is 0.405. The van der Waals surface area contributed by atoms with Gasteiger partial charge in [0, 0.05) is 17.3 Å². The van der Waals surface area contributed by atoms with Crippen molar-refractivity contribution in [1.29, 1.82) is 0 Å². The van der Waals surface area contributed by atoms with Crippen LogP contribution in [-0.2, 0) is 20.7 Å². The molecule has 0 aliphatic carbocycles. The number of benzene rings is 1. The van der Waals surface area contributed by atoms with Crippen molar-refractivity contribution in [2.24, 2.45) is 16.8 Å². The summed E-state index contributed by atoms with van der Waals surface area (Å²) in [4.78, 5) is 29.2. The van der Waals surface area contributed by atoms with Crippen molar-refractivity contribution in [3.63, 3.8) is 0 Å². The third kappa shape index (κ3) is 4.13. The van der Waals surface area contributed by atoms with Crippen LogP contribution < -0.4 is 0 Å². The monoisotopic (exact) mass is 381 g/mol. The summed E-state index contributed by atoms with van der Waals surface area (Å²) in [7, 11) is 0. The smallest absolute Gasteiger partial charge is 0.336 e. The average molecular weight is 382 g/mol. The maximum absolute atomic E-state index is 12.5. The first-order chi connectivity index (χ1) is 11.8. The van der Waals surface area contributed by atoms with Gasteiger partial charge in [-0.15, -0.1) is 0 Å². The maximum Gasteiger partial charge on any atom is 0.336 e. The van der Waals surface area contributed by atoms with Crippen molar-refractivity contribution in [3.8, 4) is 0 Å². The zero-order chi connectivity index (χ0) is 18.7. The molecule has 0 spiro atoms. The van der Waals surface area contributed by atoms with Crippen molar-refractivity contribution in [3.05, 3.63) is 45.1 Å². The van der Waals surface area contributed by atoms with Crippen LogP contribution in [0.5, 0.6) is 0 Å². The van der Waals surface area contributed by atoms with E-state index < -0.39 is 11.9 Å². The molecule has 0 radical (unpaired) electrons. The number of carbonyl (C=O) groups is 2. The van der Waals surface area contributed by atoms with Crippen molar-refractivity contribution < 1.29 is 14.3 Å². The van der Waals surface area contributed by atoms with Crippen LogP contribution in [0.2, 0.25) is 10.0 Å². The lowest BCUT2D eigenvalue weighted by Gasteiger charge is -2.31. The van der Waals surface area contributed by atoms with E-state index in [-0.39, 0.29) is 18.3 Å². The third-order valence-corrected chi connectivity index (χ3v) is 5.22. The second kappa shape index (κ2) is 8.15. The molecule has 2 rings (SSSR count). The minimum Gasteiger partial charge on any atom is -0.463 e. The van der Waals surface area contributed by atoms with E-state index in [0.29, 0.717) is 33.4 Å². The standard InChI is InChI=1S/C19H21Cl2NO3/c1-5-25-19(24)17-11(3)22-10(2)16(12(4)23)14(17)9-13-7-6-8-15(20)18(13)21/h6-8,14,16H,5,9H2,1-4H3. The highest BCUT2D eigenvalue weighted by molar-refractivity contribution is 6.42. The molecule has 4 nitrogen and oxygen atoms in total. The van der Waals surface area contributed by atoms with Gasteiger partial charge in [-0.3, -0.25) is 9.79 Å². The van der Waals surface area contributed by atoms with Crippen LogP contribution >= 0.6 is 23.2 Å². The molecule has 2 unspecified atom stereocenters. The highest BCUT2D eigenvalue weighted by atomic mass is 35.5. The van der Waals surface area contributed by atoms with E-state index in [0.717, 1.165) is 5.56 Å². The van der Waals surface area contributed by atoms with Gasteiger partial charge in [-0.1, -0.05) is 35.3 Å². The molecule has 6 heteroatoms. The highest BCUT2D eigenvalue weighted by Gasteiger charge is 2.39. The van der Waals surface area contributed by atoms with Crippen LogP contribution in [0, 0.1) is 11.8 Å². The second-order valence-corrected chi connectivity index (χ2v) is 6.87. The number of rotatable bonds is 5. The number of allylic oxidation sites excluding steroid dienone is 1. The zero-order valence-electron chi connectivity index (χ0n) is 14.7. The second-order valence-electron chi connectivity index (χ2n) is 6.08. The molecule has 0 amide bonds. The van der Waals surface area contributed by atoms with Gasteiger partial charge in [0.2, 0.25) is 0 Å². The Hall–Kier alpha value is -1.65. The van der Waals surface area contributed by atoms with E-state index in [1.807, 2.05) is 13.0 Å². The Kier molecular flexibility index (Phi) is 6.42. The van der Waals surface area contributed by atoms with Crippen LogP contribution in [0.15, 0.2) is 34.5 Å². The van der Waals surface area contributed by atoms with E-state index >= 15 is 0 Å². The summed E-state index contributed by atoms with van der Waals surface area (Å²) in [5, 5.41) is 0.880. The Morgan fingerprint density at radius 3 is 2.52 bits per heavy atom. The Labute approximate surface area is 157 Å². The molecule has 0 saturated heterocycles. The average Bonchev–Trinajstić information content (AvgIpc) is 2.51. The van der Waals surface area contributed by atoms with E-state index in [2.05, 4.69) is 4.99 Å². The first kappa shape index (κ1) is 19.7. The lowest BCUT2D eigenvalue weighted by Crippen LogP contribution is -2.37. The molecule has 2 atom stereocenters. The summed E-state index contributed by atoms with van der Waals surface area (Å²) in [5.41, 5.74) is 2.50. The first-order valence-corrected chi connectivity index (χ1v) is 8.89. The SMILES string of the molecule is CCOC(=O)C1=C(C)N=C(C)C(C(C)=O)C1Cc1cccc(Cl)c1Cl. The number of aliphatic imine (C=N–C) groups is 1. The van der Waals surface area contributed by atoms with Gasteiger partial charge in [0.1, 0.15) is 5.78 Å². The quantitative estimate of drug-likeness (QED) is 0.696. The van der Waals surface area contributed by atoms with Gasteiger partial charge >= 0.3 is 5.97 Å². The van der Waals surface area contributed by atoms with Crippen LogP contribution in [0.25, 0.3) is 0 Å². The molecule has 25 heavy (non-hydrogen) atoms. The predicted octanol–water partition coefficient (Wildman–Crippen LogP) is 4.67. The fraction of sp³-hybridized carbons (Fsp3) is 0.421. The molecular weight excluding hydrogens is 361 g/mol. The van der Waals surface area contributed by atoms with Gasteiger partial charge in [0.05, 0.1) is 28.1 Å². The summed E-state index contributed by atoms with van der Waals surface area (Å²) in [6.45, 7) is 7.09. The molecule has 0 bridgehead atoms. The molecular formula is C19H21Cl2NO3. The Balaban J connectivity index is 2.53. The Morgan fingerprint density at radius 2 is 1.92 bits per heavy atom. The minimum atomic E-state index is -0.488. The largest absolute Gasteiger partial charge is 0.463 e. The lowest BCUT2D eigenvalue weighted by molar-refractivity contribution is -0.139. The molecule has 1 heterocycles. The maximum atomic E-state index is 12.5. The number of ether oxygens (including phenoxy) is 1. The molecule has 1 aromatic rings. The fourth-order valence-electron chi connectivity index (χ4n) is 3.37. The van der Waals surface area contributed by atoms with Gasteiger partial charge < -0.3 is 4.74 Å². The van der Waals surface area contributed by atoms with Gasteiger partial charge in [-0.05, 0) is 45.7 Å². The van der Waals surface area contributed by atoms with Crippen molar-refractivity contribution in [2.75, 3.05) is 6.61 Å². The number of carbonyl (C=O) groups excluding carboxylic acids is 2.